The van der Waals surface area contributed by atoms with E-state index in [1.54, 1.807) is 25.1 Å². The van der Waals surface area contributed by atoms with E-state index in [0.717, 1.165) is 10.2 Å². The van der Waals surface area contributed by atoms with Crippen molar-refractivity contribution in [3.63, 3.8) is 0 Å². The van der Waals surface area contributed by atoms with Crippen molar-refractivity contribution in [2.45, 2.75) is 13.0 Å². The Hall–Kier alpha value is -1.000. The lowest BCUT2D eigenvalue weighted by atomic mass is 10.2. The second-order valence-electron chi connectivity index (χ2n) is 3.52. The van der Waals surface area contributed by atoms with Crippen molar-refractivity contribution in [3.8, 4) is 0 Å². The molecule has 0 aliphatic rings. The van der Waals surface area contributed by atoms with E-state index in [2.05, 4.69) is 33.1 Å². The summed E-state index contributed by atoms with van der Waals surface area (Å²) in [6, 6.07) is 5.03. The molecular weight excluding hydrogens is 304 g/mol. The molecule has 0 aliphatic heterocycles. The van der Waals surface area contributed by atoms with Crippen LogP contribution in [-0.2, 0) is 4.79 Å². The number of amides is 1. The monoisotopic (exact) mass is 316 g/mol. The van der Waals surface area contributed by atoms with Gasteiger partial charge in [-0.05, 0) is 41.1 Å². The highest BCUT2D eigenvalue weighted by atomic mass is 79.9. The average Bonchev–Trinajstić information content (AvgIpc) is 2.30. The molecule has 0 aromatic heterocycles. The Labute approximate surface area is 114 Å². The zero-order valence-corrected chi connectivity index (χ0v) is 11.8. The van der Waals surface area contributed by atoms with Crippen LogP contribution in [0.25, 0.3) is 0 Å². The van der Waals surface area contributed by atoms with E-state index in [9.17, 15) is 4.79 Å². The van der Waals surface area contributed by atoms with Gasteiger partial charge in [-0.15, -0.1) is 6.58 Å². The molecule has 0 spiro atoms. The fourth-order valence-electron chi connectivity index (χ4n) is 1.23. The molecule has 1 rings (SSSR count). The Bertz CT molecular complexity index is 423. The smallest absolute Gasteiger partial charge is 0.242 e. The first-order valence-electron chi connectivity index (χ1n) is 5.14. The molecule has 1 amide bonds. The summed E-state index contributed by atoms with van der Waals surface area (Å²) in [5, 5.41) is 6.42. The molecule has 92 valence electrons. The minimum atomic E-state index is -0.343. The Morgan fingerprint density at radius 2 is 2.35 bits per heavy atom. The number of hydrogen-bond acceptors (Lipinski definition) is 2. The van der Waals surface area contributed by atoms with Crippen LogP contribution in [0.3, 0.4) is 0 Å². The minimum absolute atomic E-state index is 0.0863. The predicted molar refractivity (Wildman–Crippen MR) is 75.4 cm³/mol. The lowest BCUT2D eigenvalue weighted by Crippen LogP contribution is -2.37. The highest BCUT2D eigenvalue weighted by Crippen LogP contribution is 2.26. The van der Waals surface area contributed by atoms with Gasteiger partial charge in [-0.3, -0.25) is 4.79 Å². The van der Waals surface area contributed by atoms with E-state index in [0.29, 0.717) is 11.6 Å². The van der Waals surface area contributed by atoms with Crippen molar-refractivity contribution in [2.24, 2.45) is 0 Å². The largest absolute Gasteiger partial charge is 0.373 e. The van der Waals surface area contributed by atoms with Crippen LogP contribution in [0.1, 0.15) is 6.92 Å². The van der Waals surface area contributed by atoms with Crippen molar-refractivity contribution < 1.29 is 4.79 Å². The summed E-state index contributed by atoms with van der Waals surface area (Å²) >= 11 is 9.28. The number of rotatable bonds is 5. The van der Waals surface area contributed by atoms with E-state index in [1.807, 2.05) is 6.07 Å². The maximum atomic E-state index is 11.6. The molecule has 2 N–H and O–H groups in total. The number of nitrogens with one attached hydrogen (secondary N) is 2. The molecule has 0 bridgehead atoms. The molecule has 3 nitrogen and oxygen atoms in total. The number of anilines is 1. The van der Waals surface area contributed by atoms with Crippen LogP contribution in [0, 0.1) is 0 Å². The molecule has 0 fully saturated rings. The van der Waals surface area contributed by atoms with Crippen LogP contribution in [0.5, 0.6) is 0 Å². The zero-order valence-electron chi connectivity index (χ0n) is 9.47. The first kappa shape index (κ1) is 14.1. The lowest BCUT2D eigenvalue weighted by molar-refractivity contribution is -0.121. The van der Waals surface area contributed by atoms with Crippen LogP contribution >= 0.6 is 27.5 Å². The number of halogens is 2. The summed E-state index contributed by atoms with van der Waals surface area (Å²) in [6.45, 7) is 5.78. The van der Waals surface area contributed by atoms with E-state index >= 15 is 0 Å². The SMILES string of the molecule is C=CCNC(=O)C(C)Nc1cc(Cl)ccc1Br. The Morgan fingerprint density at radius 3 is 3.00 bits per heavy atom. The van der Waals surface area contributed by atoms with E-state index in [-0.39, 0.29) is 11.9 Å². The third-order valence-electron chi connectivity index (χ3n) is 2.11. The molecule has 5 heteroatoms. The molecule has 1 aromatic carbocycles. The van der Waals surface area contributed by atoms with Crippen molar-refractivity contribution >= 4 is 39.1 Å². The summed E-state index contributed by atoms with van der Waals surface area (Å²) in [5.74, 6) is -0.0863. The Morgan fingerprint density at radius 1 is 1.65 bits per heavy atom. The molecule has 0 aliphatic carbocycles. The summed E-state index contributed by atoms with van der Waals surface area (Å²) in [7, 11) is 0. The van der Waals surface area contributed by atoms with E-state index in [1.165, 1.54) is 0 Å². The first-order valence-corrected chi connectivity index (χ1v) is 6.32. The van der Waals surface area contributed by atoms with Gasteiger partial charge in [0.05, 0.1) is 5.69 Å². The van der Waals surface area contributed by atoms with Crippen molar-refractivity contribution in [1.82, 2.24) is 5.32 Å². The molecule has 0 saturated heterocycles. The van der Waals surface area contributed by atoms with Gasteiger partial charge in [-0.25, -0.2) is 0 Å². The highest BCUT2D eigenvalue weighted by molar-refractivity contribution is 9.10. The van der Waals surface area contributed by atoms with Gasteiger partial charge in [-0.2, -0.15) is 0 Å². The summed E-state index contributed by atoms with van der Waals surface area (Å²) in [5.41, 5.74) is 0.791. The van der Waals surface area contributed by atoms with Gasteiger partial charge >= 0.3 is 0 Å². The minimum Gasteiger partial charge on any atom is -0.373 e. The zero-order chi connectivity index (χ0) is 12.8. The van der Waals surface area contributed by atoms with Gasteiger partial charge in [-0.1, -0.05) is 17.7 Å². The quantitative estimate of drug-likeness (QED) is 0.819. The van der Waals surface area contributed by atoms with Crippen molar-refractivity contribution in [3.05, 3.63) is 40.3 Å². The van der Waals surface area contributed by atoms with Crippen molar-refractivity contribution in [2.75, 3.05) is 11.9 Å². The fraction of sp³-hybridized carbons (Fsp3) is 0.250. The molecular formula is C12H14BrClN2O. The molecule has 1 aromatic rings. The number of carbonyl (C=O) groups excluding carboxylic acids is 1. The number of carbonyl (C=O) groups is 1. The van der Waals surface area contributed by atoms with Crippen LogP contribution in [0.15, 0.2) is 35.3 Å². The van der Waals surface area contributed by atoms with Crippen molar-refractivity contribution in [1.29, 1.82) is 0 Å². The summed E-state index contributed by atoms with van der Waals surface area (Å²) in [6.07, 6.45) is 1.64. The Balaban J connectivity index is 2.66. The van der Waals surface area contributed by atoms with E-state index in [4.69, 9.17) is 11.6 Å². The predicted octanol–water partition coefficient (Wildman–Crippen LogP) is 3.21. The normalized spacial score (nSPS) is 11.7. The van der Waals surface area contributed by atoms with Gasteiger partial charge in [0, 0.05) is 16.0 Å². The van der Waals surface area contributed by atoms with Gasteiger partial charge in [0.25, 0.3) is 0 Å². The fourth-order valence-corrected chi connectivity index (χ4v) is 1.77. The maximum Gasteiger partial charge on any atom is 0.242 e. The number of benzene rings is 1. The third kappa shape index (κ3) is 4.40. The van der Waals surface area contributed by atoms with Crippen LogP contribution in [0.4, 0.5) is 5.69 Å². The second-order valence-corrected chi connectivity index (χ2v) is 4.81. The molecule has 0 heterocycles. The first-order chi connectivity index (χ1) is 8.04. The maximum absolute atomic E-state index is 11.6. The van der Waals surface area contributed by atoms with Gasteiger partial charge in [0.15, 0.2) is 0 Å². The van der Waals surface area contributed by atoms with E-state index < -0.39 is 0 Å². The van der Waals surface area contributed by atoms with Gasteiger partial charge in [0.1, 0.15) is 6.04 Å². The molecule has 1 atom stereocenters. The Kier molecular flexibility index (Phi) is 5.51. The van der Waals surface area contributed by atoms with Gasteiger partial charge < -0.3 is 10.6 Å². The average molecular weight is 318 g/mol. The molecule has 1 unspecified atom stereocenters. The highest BCUT2D eigenvalue weighted by Gasteiger charge is 2.12. The van der Waals surface area contributed by atoms with Crippen LogP contribution in [-0.4, -0.2) is 18.5 Å². The summed E-state index contributed by atoms with van der Waals surface area (Å²) in [4.78, 5) is 11.6. The van der Waals surface area contributed by atoms with Gasteiger partial charge in [0.2, 0.25) is 5.91 Å². The third-order valence-corrected chi connectivity index (χ3v) is 3.04. The topological polar surface area (TPSA) is 41.1 Å². The van der Waals surface area contributed by atoms with Crippen LogP contribution in [0.2, 0.25) is 5.02 Å². The van der Waals surface area contributed by atoms with Crippen LogP contribution < -0.4 is 10.6 Å². The standard InChI is InChI=1S/C12H14BrClN2O/c1-3-6-15-12(17)8(2)16-11-7-9(14)4-5-10(11)13/h3-5,7-8,16H,1,6H2,2H3,(H,15,17). The molecule has 17 heavy (non-hydrogen) atoms. The second kappa shape index (κ2) is 6.67. The number of hydrogen-bond donors (Lipinski definition) is 2. The molecule has 0 saturated carbocycles. The summed E-state index contributed by atoms with van der Waals surface area (Å²) < 4.78 is 0.866. The lowest BCUT2D eigenvalue weighted by Gasteiger charge is -2.16. The molecule has 0 radical (unpaired) electrons.